The number of hydrogen-bond acceptors (Lipinski definition) is 6. The molecular weight excluding hydrogens is 450 g/mol. The molecule has 0 spiro atoms. The summed E-state index contributed by atoms with van der Waals surface area (Å²) in [5.41, 5.74) is 2.73. The molecular formula is C26H23N3O6. The summed E-state index contributed by atoms with van der Waals surface area (Å²) in [6, 6.07) is 23.2. The molecule has 0 radical (unpaired) electrons. The Balaban J connectivity index is 1.42. The van der Waals surface area contributed by atoms with Gasteiger partial charge in [-0.1, -0.05) is 36.4 Å². The van der Waals surface area contributed by atoms with E-state index in [9.17, 15) is 19.2 Å². The van der Waals surface area contributed by atoms with Crippen molar-refractivity contribution in [2.45, 2.75) is 19.4 Å². The summed E-state index contributed by atoms with van der Waals surface area (Å²) in [7, 11) is 0. The Bertz CT molecular complexity index is 1210. The standard InChI is InChI=1S/C26H23N3O6/c1-18(30)29(27-24(31)17-34-20-8-4-2-5-9-20)23-16-25(32)28(26(23)33)19-12-14-22(15-13-19)35-21-10-6-3-7-11-21/h2-15,23H,16-17H2,1H3,(H,27,31). The van der Waals surface area contributed by atoms with Crippen molar-refractivity contribution in [2.24, 2.45) is 0 Å². The van der Waals surface area contributed by atoms with Crippen LogP contribution in [-0.4, -0.2) is 41.3 Å². The first-order valence-corrected chi connectivity index (χ1v) is 10.9. The smallest absolute Gasteiger partial charge is 0.276 e. The zero-order valence-electron chi connectivity index (χ0n) is 18.9. The highest BCUT2D eigenvalue weighted by Gasteiger charge is 2.44. The number of rotatable bonds is 7. The van der Waals surface area contributed by atoms with Crippen LogP contribution in [0.2, 0.25) is 0 Å². The number of imide groups is 1. The van der Waals surface area contributed by atoms with E-state index in [0.717, 1.165) is 9.91 Å². The van der Waals surface area contributed by atoms with Gasteiger partial charge in [0.25, 0.3) is 11.8 Å². The molecule has 1 N–H and O–H groups in total. The SMILES string of the molecule is CC(=O)N(NC(=O)COc1ccccc1)C1CC(=O)N(c2ccc(Oc3ccccc3)cc2)C1=O. The highest BCUT2D eigenvalue weighted by molar-refractivity contribution is 6.23. The van der Waals surface area contributed by atoms with E-state index in [4.69, 9.17) is 9.47 Å². The lowest BCUT2D eigenvalue weighted by Crippen LogP contribution is -2.54. The Hall–Kier alpha value is -4.66. The van der Waals surface area contributed by atoms with Crippen molar-refractivity contribution in [3.8, 4) is 17.2 Å². The Morgan fingerprint density at radius 1 is 0.886 bits per heavy atom. The van der Waals surface area contributed by atoms with Gasteiger partial charge >= 0.3 is 0 Å². The van der Waals surface area contributed by atoms with Gasteiger partial charge in [0.2, 0.25) is 11.8 Å². The number of carbonyl (C=O) groups is 4. The molecule has 1 saturated heterocycles. The summed E-state index contributed by atoms with van der Waals surface area (Å²) in [6.07, 6.45) is -0.263. The normalized spacial score (nSPS) is 15.0. The molecule has 0 aliphatic carbocycles. The summed E-state index contributed by atoms with van der Waals surface area (Å²) in [6.45, 7) is 0.837. The molecule has 4 rings (SSSR count). The summed E-state index contributed by atoms with van der Waals surface area (Å²) in [4.78, 5) is 51.4. The Labute approximate surface area is 201 Å². The summed E-state index contributed by atoms with van der Waals surface area (Å²) in [5, 5.41) is 0.879. The van der Waals surface area contributed by atoms with E-state index < -0.39 is 29.7 Å². The lowest BCUT2D eigenvalue weighted by Gasteiger charge is -2.26. The summed E-state index contributed by atoms with van der Waals surface area (Å²) in [5.74, 6) is -0.661. The zero-order chi connectivity index (χ0) is 24.8. The van der Waals surface area contributed by atoms with Crippen LogP contribution < -0.4 is 19.8 Å². The van der Waals surface area contributed by atoms with Crippen molar-refractivity contribution in [2.75, 3.05) is 11.5 Å². The summed E-state index contributed by atoms with van der Waals surface area (Å²) < 4.78 is 11.1. The molecule has 3 aromatic carbocycles. The largest absolute Gasteiger partial charge is 0.484 e. The van der Waals surface area contributed by atoms with Gasteiger partial charge in [0.15, 0.2) is 6.61 Å². The van der Waals surface area contributed by atoms with Crippen LogP contribution in [0.3, 0.4) is 0 Å². The van der Waals surface area contributed by atoms with Gasteiger partial charge in [-0.3, -0.25) is 24.6 Å². The van der Waals surface area contributed by atoms with Gasteiger partial charge in [-0.25, -0.2) is 9.91 Å². The average Bonchev–Trinajstić information content (AvgIpc) is 3.16. The number of benzene rings is 3. The van der Waals surface area contributed by atoms with Crippen molar-refractivity contribution < 1.29 is 28.7 Å². The fourth-order valence-corrected chi connectivity index (χ4v) is 3.59. The first-order valence-electron chi connectivity index (χ1n) is 10.9. The van der Waals surface area contributed by atoms with Gasteiger partial charge in [0.05, 0.1) is 12.1 Å². The fraction of sp³-hybridized carbons (Fsp3) is 0.154. The van der Waals surface area contributed by atoms with Crippen LogP contribution in [0.15, 0.2) is 84.9 Å². The van der Waals surface area contributed by atoms with Crippen LogP contribution in [0.1, 0.15) is 13.3 Å². The van der Waals surface area contributed by atoms with Crippen molar-refractivity contribution in [1.29, 1.82) is 0 Å². The van der Waals surface area contributed by atoms with Crippen LogP contribution in [0.5, 0.6) is 17.2 Å². The first-order chi connectivity index (χ1) is 16.9. The van der Waals surface area contributed by atoms with Gasteiger partial charge in [-0.05, 0) is 48.5 Å². The Morgan fingerprint density at radius 3 is 2.06 bits per heavy atom. The molecule has 178 valence electrons. The van der Waals surface area contributed by atoms with Crippen molar-refractivity contribution >= 4 is 29.3 Å². The molecule has 1 aliphatic heterocycles. The molecule has 35 heavy (non-hydrogen) atoms. The van der Waals surface area contributed by atoms with E-state index in [-0.39, 0.29) is 13.0 Å². The second-order valence-corrected chi connectivity index (χ2v) is 7.72. The number of amides is 4. The molecule has 1 heterocycles. The van der Waals surface area contributed by atoms with Gasteiger partial charge in [-0.15, -0.1) is 0 Å². The molecule has 0 bridgehead atoms. The topological polar surface area (TPSA) is 105 Å². The van der Waals surface area contributed by atoms with E-state index in [1.807, 2.05) is 36.4 Å². The molecule has 1 unspecified atom stereocenters. The van der Waals surface area contributed by atoms with E-state index in [1.54, 1.807) is 48.5 Å². The molecule has 1 fully saturated rings. The molecule has 1 aliphatic rings. The number of carbonyl (C=O) groups excluding carboxylic acids is 4. The third-order valence-corrected chi connectivity index (χ3v) is 5.21. The number of para-hydroxylation sites is 2. The van der Waals surface area contributed by atoms with E-state index in [0.29, 0.717) is 22.9 Å². The van der Waals surface area contributed by atoms with E-state index in [2.05, 4.69) is 5.43 Å². The van der Waals surface area contributed by atoms with Crippen LogP contribution in [0.4, 0.5) is 5.69 Å². The Morgan fingerprint density at radius 2 is 1.46 bits per heavy atom. The van der Waals surface area contributed by atoms with Gasteiger partial charge < -0.3 is 9.47 Å². The number of hydrazine groups is 1. The third kappa shape index (κ3) is 5.64. The molecule has 9 nitrogen and oxygen atoms in total. The van der Waals surface area contributed by atoms with Crippen molar-refractivity contribution in [3.63, 3.8) is 0 Å². The minimum Gasteiger partial charge on any atom is -0.484 e. The van der Waals surface area contributed by atoms with Gasteiger partial charge in [-0.2, -0.15) is 0 Å². The number of nitrogens with zero attached hydrogens (tertiary/aromatic N) is 2. The van der Waals surface area contributed by atoms with Crippen LogP contribution in [0, 0.1) is 0 Å². The monoisotopic (exact) mass is 473 g/mol. The predicted molar refractivity (Wildman–Crippen MR) is 126 cm³/mol. The molecule has 4 amide bonds. The van der Waals surface area contributed by atoms with E-state index >= 15 is 0 Å². The lowest BCUT2D eigenvalue weighted by molar-refractivity contribution is -0.146. The molecule has 0 aromatic heterocycles. The minimum absolute atomic E-state index is 0.263. The van der Waals surface area contributed by atoms with Crippen molar-refractivity contribution in [3.05, 3.63) is 84.9 Å². The molecule has 9 heteroatoms. The van der Waals surface area contributed by atoms with Crippen LogP contribution in [0.25, 0.3) is 0 Å². The highest BCUT2D eigenvalue weighted by atomic mass is 16.5. The third-order valence-electron chi connectivity index (χ3n) is 5.21. The number of hydrogen-bond donors (Lipinski definition) is 1. The number of anilines is 1. The zero-order valence-corrected chi connectivity index (χ0v) is 18.9. The average molecular weight is 473 g/mol. The molecule has 1 atom stereocenters. The fourth-order valence-electron chi connectivity index (χ4n) is 3.59. The number of nitrogens with one attached hydrogen (secondary N) is 1. The van der Waals surface area contributed by atoms with Gasteiger partial charge in [0.1, 0.15) is 23.3 Å². The quantitative estimate of drug-likeness (QED) is 0.418. The highest BCUT2D eigenvalue weighted by Crippen LogP contribution is 2.28. The number of ether oxygens (including phenoxy) is 2. The van der Waals surface area contributed by atoms with Gasteiger partial charge in [0, 0.05) is 6.92 Å². The first kappa shape index (κ1) is 23.5. The van der Waals surface area contributed by atoms with Crippen molar-refractivity contribution in [1.82, 2.24) is 10.4 Å². The van der Waals surface area contributed by atoms with E-state index in [1.165, 1.54) is 6.92 Å². The minimum atomic E-state index is -1.17. The predicted octanol–water partition coefficient (Wildman–Crippen LogP) is 3.07. The maximum Gasteiger partial charge on any atom is 0.276 e. The molecule has 0 saturated carbocycles. The Kier molecular flexibility index (Phi) is 7.06. The van der Waals surface area contributed by atoms with Crippen LogP contribution >= 0.6 is 0 Å². The molecule has 3 aromatic rings. The maximum atomic E-state index is 13.1. The second-order valence-electron chi connectivity index (χ2n) is 7.72. The van der Waals surface area contributed by atoms with Crippen LogP contribution in [-0.2, 0) is 19.2 Å². The lowest BCUT2D eigenvalue weighted by atomic mass is 10.2. The summed E-state index contributed by atoms with van der Waals surface area (Å²) >= 11 is 0. The second kappa shape index (κ2) is 10.5. The maximum absolute atomic E-state index is 13.1.